The summed E-state index contributed by atoms with van der Waals surface area (Å²) in [6.45, 7) is 3.05. The topological polar surface area (TPSA) is 29.5 Å². The number of rotatable bonds is 6. The molecule has 0 atom stereocenters. The van der Waals surface area contributed by atoms with E-state index in [0.717, 1.165) is 49.4 Å². The van der Waals surface area contributed by atoms with Crippen LogP contribution in [0.15, 0.2) is 30.3 Å². The molecule has 3 rings (SSSR count). The summed E-state index contributed by atoms with van der Waals surface area (Å²) < 4.78 is 5.98. The molecule has 0 fully saturated rings. The normalized spacial score (nSPS) is 13.1. The zero-order valence-corrected chi connectivity index (χ0v) is 15.4. The second-order valence-corrected chi connectivity index (χ2v) is 7.46. The first-order chi connectivity index (χ1) is 11.7. The van der Waals surface area contributed by atoms with Crippen LogP contribution in [0.4, 0.5) is 0 Å². The third-order valence-corrected chi connectivity index (χ3v) is 5.37. The zero-order chi connectivity index (χ0) is 16.9. The van der Waals surface area contributed by atoms with Gasteiger partial charge in [-0.05, 0) is 96.2 Å². The third-order valence-electron chi connectivity index (χ3n) is 4.67. The number of aliphatic hydroxyl groups excluding tert-OH is 1. The molecule has 0 unspecified atom stereocenters. The zero-order valence-electron chi connectivity index (χ0n) is 14.6. The Morgan fingerprint density at radius 3 is 2.75 bits per heavy atom. The Bertz CT molecular complexity index is 709. The van der Waals surface area contributed by atoms with E-state index < -0.39 is 0 Å². The van der Waals surface area contributed by atoms with Crippen molar-refractivity contribution in [1.29, 1.82) is 0 Å². The Morgan fingerprint density at radius 2 is 1.96 bits per heavy atom. The van der Waals surface area contributed by atoms with Gasteiger partial charge in [-0.15, -0.1) is 0 Å². The van der Waals surface area contributed by atoms with Crippen LogP contribution in [0, 0.1) is 6.92 Å². The van der Waals surface area contributed by atoms with E-state index in [1.165, 1.54) is 27.8 Å². The van der Waals surface area contributed by atoms with Crippen molar-refractivity contribution in [3.05, 3.63) is 52.6 Å². The minimum absolute atomic E-state index is 0.0955. The van der Waals surface area contributed by atoms with Gasteiger partial charge in [0.2, 0.25) is 0 Å². The van der Waals surface area contributed by atoms with Crippen molar-refractivity contribution in [3.63, 3.8) is 0 Å². The predicted molar refractivity (Wildman–Crippen MR) is 103 cm³/mol. The van der Waals surface area contributed by atoms with Crippen molar-refractivity contribution in [3.8, 4) is 16.9 Å². The van der Waals surface area contributed by atoms with Crippen molar-refractivity contribution in [2.45, 2.75) is 39.2 Å². The second kappa shape index (κ2) is 8.09. The average molecular weight is 343 g/mol. The van der Waals surface area contributed by atoms with Gasteiger partial charge in [0.1, 0.15) is 5.75 Å². The predicted octanol–water partition coefficient (Wildman–Crippen LogP) is 4.77. The molecule has 0 heterocycles. The SMILES string of the molecule is CSCCCOc1cc(C)c2c(c1)CCCc1ccc(CO)cc1-2. The van der Waals surface area contributed by atoms with Crippen LogP contribution in [-0.4, -0.2) is 23.7 Å². The lowest BCUT2D eigenvalue weighted by atomic mass is 9.91. The van der Waals surface area contributed by atoms with Gasteiger partial charge in [0, 0.05) is 0 Å². The number of hydrogen-bond acceptors (Lipinski definition) is 3. The van der Waals surface area contributed by atoms with Crippen molar-refractivity contribution in [2.75, 3.05) is 18.6 Å². The van der Waals surface area contributed by atoms with Crippen LogP contribution < -0.4 is 4.74 Å². The van der Waals surface area contributed by atoms with Gasteiger partial charge in [-0.1, -0.05) is 12.1 Å². The Labute approximate surface area is 149 Å². The molecule has 0 aromatic heterocycles. The fourth-order valence-corrected chi connectivity index (χ4v) is 3.93. The molecule has 1 aliphatic rings. The van der Waals surface area contributed by atoms with Crippen LogP contribution in [0.1, 0.15) is 35.1 Å². The molecule has 2 aromatic carbocycles. The summed E-state index contributed by atoms with van der Waals surface area (Å²) in [7, 11) is 0. The summed E-state index contributed by atoms with van der Waals surface area (Å²) in [5.41, 5.74) is 7.66. The van der Waals surface area contributed by atoms with E-state index in [0.29, 0.717) is 0 Å². The number of hydrogen-bond donors (Lipinski definition) is 1. The third kappa shape index (κ3) is 3.79. The number of aliphatic hydroxyl groups is 1. The summed E-state index contributed by atoms with van der Waals surface area (Å²) in [4.78, 5) is 0. The summed E-state index contributed by atoms with van der Waals surface area (Å²) in [6.07, 6.45) is 6.55. The highest BCUT2D eigenvalue weighted by atomic mass is 32.2. The lowest BCUT2D eigenvalue weighted by Gasteiger charge is -2.16. The van der Waals surface area contributed by atoms with E-state index in [2.05, 4.69) is 37.4 Å². The highest BCUT2D eigenvalue weighted by Gasteiger charge is 2.18. The van der Waals surface area contributed by atoms with Crippen LogP contribution in [0.25, 0.3) is 11.1 Å². The molecular formula is C21H26O2S. The molecular weight excluding hydrogens is 316 g/mol. The van der Waals surface area contributed by atoms with Crippen molar-refractivity contribution in [2.24, 2.45) is 0 Å². The molecule has 0 spiro atoms. The number of fused-ring (bicyclic) bond motifs is 3. The highest BCUT2D eigenvalue weighted by Crippen LogP contribution is 2.38. The standard InChI is InChI=1S/C21H26O2S/c1-15-11-19(23-9-4-10-24-2)13-18-6-3-5-17-8-7-16(14-22)12-20(17)21(15)18/h7-8,11-13,22H,3-6,9-10,14H2,1-2H3. The first kappa shape index (κ1) is 17.4. The van der Waals surface area contributed by atoms with Gasteiger partial charge in [0.15, 0.2) is 0 Å². The van der Waals surface area contributed by atoms with Gasteiger partial charge in [-0.25, -0.2) is 0 Å². The second-order valence-electron chi connectivity index (χ2n) is 6.47. The number of benzene rings is 2. The van der Waals surface area contributed by atoms with E-state index in [4.69, 9.17) is 4.74 Å². The van der Waals surface area contributed by atoms with Gasteiger partial charge in [-0.3, -0.25) is 0 Å². The van der Waals surface area contributed by atoms with Crippen molar-refractivity contribution >= 4 is 11.8 Å². The fourth-order valence-electron chi connectivity index (χ4n) is 3.53. The molecule has 128 valence electrons. The minimum atomic E-state index is 0.0955. The monoisotopic (exact) mass is 342 g/mol. The van der Waals surface area contributed by atoms with E-state index in [-0.39, 0.29) is 6.61 Å². The Morgan fingerprint density at radius 1 is 1.12 bits per heavy atom. The molecule has 0 aliphatic heterocycles. The fraction of sp³-hybridized carbons (Fsp3) is 0.429. The highest BCUT2D eigenvalue weighted by molar-refractivity contribution is 7.98. The van der Waals surface area contributed by atoms with E-state index >= 15 is 0 Å². The molecule has 24 heavy (non-hydrogen) atoms. The molecule has 2 nitrogen and oxygen atoms in total. The summed E-state index contributed by atoms with van der Waals surface area (Å²) >= 11 is 1.86. The maximum atomic E-state index is 9.49. The van der Waals surface area contributed by atoms with Crippen LogP contribution in [-0.2, 0) is 19.4 Å². The molecule has 0 radical (unpaired) electrons. The van der Waals surface area contributed by atoms with Gasteiger partial charge in [0.05, 0.1) is 13.2 Å². The molecule has 0 amide bonds. The van der Waals surface area contributed by atoms with Gasteiger partial charge < -0.3 is 9.84 Å². The summed E-state index contributed by atoms with van der Waals surface area (Å²) in [5.74, 6) is 2.13. The number of ether oxygens (including phenoxy) is 1. The molecule has 0 saturated heterocycles. The molecule has 0 saturated carbocycles. The largest absolute Gasteiger partial charge is 0.494 e. The van der Waals surface area contributed by atoms with Gasteiger partial charge >= 0.3 is 0 Å². The van der Waals surface area contributed by atoms with Crippen LogP contribution in [0.3, 0.4) is 0 Å². The smallest absolute Gasteiger partial charge is 0.119 e. The summed E-state index contributed by atoms with van der Waals surface area (Å²) in [6, 6.07) is 10.8. The van der Waals surface area contributed by atoms with Crippen molar-refractivity contribution < 1.29 is 9.84 Å². The molecule has 2 aromatic rings. The van der Waals surface area contributed by atoms with Crippen molar-refractivity contribution in [1.82, 2.24) is 0 Å². The Hall–Kier alpha value is -1.45. The van der Waals surface area contributed by atoms with E-state index in [9.17, 15) is 5.11 Å². The molecule has 0 bridgehead atoms. The van der Waals surface area contributed by atoms with Crippen LogP contribution in [0.2, 0.25) is 0 Å². The van der Waals surface area contributed by atoms with Gasteiger partial charge in [0.25, 0.3) is 0 Å². The number of thioether (sulfide) groups is 1. The molecule has 1 aliphatic carbocycles. The van der Waals surface area contributed by atoms with Crippen LogP contribution in [0.5, 0.6) is 5.75 Å². The molecule has 3 heteroatoms. The lowest BCUT2D eigenvalue weighted by Crippen LogP contribution is -2.01. The Kier molecular flexibility index (Phi) is 5.85. The quantitative estimate of drug-likeness (QED) is 0.767. The molecule has 1 N–H and O–H groups in total. The first-order valence-electron chi connectivity index (χ1n) is 8.71. The maximum absolute atomic E-state index is 9.49. The number of aryl methyl sites for hydroxylation is 3. The Balaban J connectivity index is 1.94. The lowest BCUT2D eigenvalue weighted by molar-refractivity contribution is 0.282. The maximum Gasteiger partial charge on any atom is 0.119 e. The van der Waals surface area contributed by atoms with E-state index in [1.807, 2.05) is 17.8 Å². The van der Waals surface area contributed by atoms with Crippen LogP contribution >= 0.6 is 11.8 Å². The first-order valence-corrected chi connectivity index (χ1v) is 10.1. The summed E-state index contributed by atoms with van der Waals surface area (Å²) in [5, 5.41) is 9.49. The minimum Gasteiger partial charge on any atom is -0.494 e. The van der Waals surface area contributed by atoms with Gasteiger partial charge in [-0.2, -0.15) is 11.8 Å². The average Bonchev–Trinajstić information content (AvgIpc) is 2.77. The van der Waals surface area contributed by atoms with E-state index in [1.54, 1.807) is 0 Å².